The molecule has 2 N–H and O–H groups in total. The molecular formula is C32H28N6O4. The van der Waals surface area contributed by atoms with Gasteiger partial charge in [-0.25, -0.2) is 19.1 Å². The highest BCUT2D eigenvalue weighted by Crippen LogP contribution is 2.14. The number of benzene rings is 3. The SMILES string of the molecule is CC(C#N)[n+]1cc[nH]c1-c1ccccc1.CC(C#N)[n+]1cc[nH]c1-c1ccccc1.O=C([O-])c1ccc(C(=O)[O-])cc1. The lowest BCUT2D eigenvalue weighted by Crippen LogP contribution is -2.37. The average Bonchev–Trinajstić information content (AvgIpc) is 3.73. The standard InChI is InChI=1S/2C12H11N3.C8H6O4/c2*1-10(9-13)15-8-7-14-12(15)11-5-3-2-4-6-11;9-7(10)5-1-2-6(4-3-5)8(11)12/h2*2-8,10H,1H3;1-4H,(H,9,10)(H,11,12). The maximum Gasteiger partial charge on any atom is 0.287 e. The summed E-state index contributed by atoms with van der Waals surface area (Å²) < 4.78 is 3.85. The number of carboxylic acid groups (broad SMARTS) is 2. The normalized spacial score (nSPS) is 11.2. The van der Waals surface area contributed by atoms with E-state index in [-0.39, 0.29) is 23.2 Å². The van der Waals surface area contributed by atoms with E-state index in [0.29, 0.717) is 0 Å². The van der Waals surface area contributed by atoms with Crippen LogP contribution in [0.4, 0.5) is 0 Å². The van der Waals surface area contributed by atoms with Gasteiger partial charge in [0.1, 0.15) is 36.9 Å². The van der Waals surface area contributed by atoms with E-state index in [1.807, 2.05) is 108 Å². The van der Waals surface area contributed by atoms with E-state index in [4.69, 9.17) is 10.5 Å². The fourth-order valence-electron chi connectivity index (χ4n) is 3.86. The number of H-pyrrole nitrogens is 2. The Bertz CT molecular complexity index is 1550. The van der Waals surface area contributed by atoms with Crippen molar-refractivity contribution in [3.63, 3.8) is 0 Å². The molecule has 5 aromatic rings. The number of hydrogen-bond donors (Lipinski definition) is 2. The number of nitriles is 2. The van der Waals surface area contributed by atoms with Gasteiger partial charge in [-0.2, -0.15) is 10.5 Å². The predicted molar refractivity (Wildman–Crippen MR) is 149 cm³/mol. The quantitative estimate of drug-likeness (QED) is 0.303. The van der Waals surface area contributed by atoms with Crippen LogP contribution in [0, 0.1) is 22.7 Å². The predicted octanol–water partition coefficient (Wildman–Crippen LogP) is 2.52. The minimum atomic E-state index is -1.33. The van der Waals surface area contributed by atoms with Gasteiger partial charge in [-0.3, -0.25) is 0 Å². The highest BCUT2D eigenvalue weighted by atomic mass is 16.4. The van der Waals surface area contributed by atoms with Crippen LogP contribution in [0.5, 0.6) is 0 Å². The first-order valence-corrected chi connectivity index (χ1v) is 12.9. The van der Waals surface area contributed by atoms with Crippen LogP contribution in [-0.4, -0.2) is 21.9 Å². The van der Waals surface area contributed by atoms with Crippen molar-refractivity contribution in [1.82, 2.24) is 9.97 Å². The molecule has 0 aliphatic rings. The van der Waals surface area contributed by atoms with E-state index in [1.54, 1.807) is 0 Å². The number of aromatic nitrogens is 4. The molecule has 2 heterocycles. The molecule has 10 heteroatoms. The molecule has 3 aromatic carbocycles. The molecule has 42 heavy (non-hydrogen) atoms. The summed E-state index contributed by atoms with van der Waals surface area (Å²) >= 11 is 0. The topological polar surface area (TPSA) is 167 Å². The molecule has 0 radical (unpaired) electrons. The van der Waals surface area contributed by atoms with Gasteiger partial charge < -0.3 is 19.8 Å². The van der Waals surface area contributed by atoms with Crippen LogP contribution in [0.3, 0.4) is 0 Å². The zero-order valence-corrected chi connectivity index (χ0v) is 23.0. The van der Waals surface area contributed by atoms with Crippen LogP contribution in [0.2, 0.25) is 0 Å². The van der Waals surface area contributed by atoms with Crippen LogP contribution in [0.25, 0.3) is 22.8 Å². The van der Waals surface area contributed by atoms with Crippen molar-refractivity contribution in [2.24, 2.45) is 0 Å². The Hall–Kier alpha value is -6.00. The Balaban J connectivity index is 0.000000174. The molecule has 2 unspecified atom stereocenters. The van der Waals surface area contributed by atoms with E-state index in [2.05, 4.69) is 22.1 Å². The summed E-state index contributed by atoms with van der Waals surface area (Å²) in [5.74, 6) is -0.742. The van der Waals surface area contributed by atoms with Crippen molar-refractivity contribution in [2.75, 3.05) is 0 Å². The van der Waals surface area contributed by atoms with Gasteiger partial charge >= 0.3 is 0 Å². The fraction of sp³-hybridized carbons (Fsp3) is 0.125. The van der Waals surface area contributed by atoms with E-state index >= 15 is 0 Å². The number of carbonyl (C=O) groups is 2. The maximum atomic E-state index is 10.2. The third kappa shape index (κ3) is 8.01. The fourth-order valence-corrected chi connectivity index (χ4v) is 3.86. The number of carboxylic acids is 2. The van der Waals surface area contributed by atoms with Crippen LogP contribution >= 0.6 is 0 Å². The van der Waals surface area contributed by atoms with Gasteiger partial charge in [0.15, 0.2) is 12.1 Å². The number of nitrogens with one attached hydrogen (secondary N) is 2. The van der Waals surface area contributed by atoms with Gasteiger partial charge in [-0.05, 0) is 49.2 Å². The van der Waals surface area contributed by atoms with Crippen molar-refractivity contribution in [1.29, 1.82) is 10.5 Å². The summed E-state index contributed by atoms with van der Waals surface area (Å²) in [5, 5.41) is 38.2. The monoisotopic (exact) mass is 560 g/mol. The minimum Gasteiger partial charge on any atom is -0.545 e. The first-order chi connectivity index (χ1) is 20.3. The molecule has 0 amide bonds. The molecule has 0 saturated heterocycles. The highest BCUT2D eigenvalue weighted by Gasteiger charge is 2.18. The molecule has 2 atom stereocenters. The number of rotatable bonds is 6. The first kappa shape index (κ1) is 30.5. The van der Waals surface area contributed by atoms with Crippen LogP contribution in [0.1, 0.15) is 46.6 Å². The number of nitrogens with zero attached hydrogens (tertiary/aromatic N) is 4. The summed E-state index contributed by atoms with van der Waals surface area (Å²) in [5.41, 5.74) is 2.06. The van der Waals surface area contributed by atoms with Crippen molar-refractivity contribution < 1.29 is 28.9 Å². The molecule has 10 nitrogen and oxygen atoms in total. The zero-order chi connectivity index (χ0) is 30.5. The third-order valence-electron chi connectivity index (χ3n) is 6.09. The Labute approximate surface area is 243 Å². The van der Waals surface area contributed by atoms with Crippen molar-refractivity contribution in [3.05, 3.63) is 121 Å². The van der Waals surface area contributed by atoms with Gasteiger partial charge in [0, 0.05) is 0 Å². The molecular weight excluding hydrogens is 532 g/mol. The van der Waals surface area contributed by atoms with E-state index < -0.39 is 11.9 Å². The largest absolute Gasteiger partial charge is 0.545 e. The summed E-state index contributed by atoms with van der Waals surface area (Å²) in [6.07, 6.45) is 7.46. The summed E-state index contributed by atoms with van der Waals surface area (Å²) in [6.45, 7) is 3.75. The Morgan fingerprint density at radius 1 is 0.643 bits per heavy atom. The second-order valence-corrected chi connectivity index (χ2v) is 8.93. The first-order valence-electron chi connectivity index (χ1n) is 12.9. The smallest absolute Gasteiger partial charge is 0.287 e. The molecule has 5 rings (SSSR count). The summed E-state index contributed by atoms with van der Waals surface area (Å²) in [6, 6.07) is 28.7. The molecule has 0 spiro atoms. The highest BCUT2D eigenvalue weighted by molar-refractivity contribution is 5.89. The summed E-state index contributed by atoms with van der Waals surface area (Å²) in [4.78, 5) is 26.7. The lowest BCUT2D eigenvalue weighted by Gasteiger charge is -2.04. The van der Waals surface area contributed by atoms with E-state index in [0.717, 1.165) is 47.0 Å². The number of hydrogen-bond acceptors (Lipinski definition) is 6. The number of imidazole rings is 2. The number of aromatic carboxylic acids is 2. The maximum absolute atomic E-state index is 10.2. The molecule has 0 aliphatic heterocycles. The van der Waals surface area contributed by atoms with Crippen molar-refractivity contribution in [3.8, 4) is 34.9 Å². The van der Waals surface area contributed by atoms with Crippen molar-refractivity contribution >= 4 is 11.9 Å². The lowest BCUT2D eigenvalue weighted by molar-refractivity contribution is -0.695. The van der Waals surface area contributed by atoms with Gasteiger partial charge in [-0.1, -0.05) is 60.7 Å². The lowest BCUT2D eigenvalue weighted by atomic mass is 10.1. The Kier molecular flexibility index (Phi) is 10.9. The third-order valence-corrected chi connectivity index (χ3v) is 6.09. The second kappa shape index (κ2) is 15.0. The molecule has 210 valence electrons. The second-order valence-electron chi connectivity index (χ2n) is 8.93. The van der Waals surface area contributed by atoms with Gasteiger partial charge in [0.25, 0.3) is 11.6 Å². The average molecular weight is 561 g/mol. The Morgan fingerprint density at radius 2 is 0.976 bits per heavy atom. The minimum absolute atomic E-state index is 0.0556. The molecule has 0 saturated carbocycles. The van der Waals surface area contributed by atoms with E-state index in [1.165, 1.54) is 0 Å². The van der Waals surface area contributed by atoms with Crippen molar-refractivity contribution in [2.45, 2.75) is 25.9 Å². The number of aromatic amines is 2. The Morgan fingerprint density at radius 3 is 1.26 bits per heavy atom. The molecule has 0 aliphatic carbocycles. The van der Waals surface area contributed by atoms with Gasteiger partial charge in [0.2, 0.25) is 0 Å². The van der Waals surface area contributed by atoms with Gasteiger partial charge in [0.05, 0.1) is 23.1 Å². The molecule has 0 bridgehead atoms. The van der Waals surface area contributed by atoms with Crippen LogP contribution in [-0.2, 0) is 0 Å². The van der Waals surface area contributed by atoms with Crippen LogP contribution in [0.15, 0.2) is 110 Å². The number of carbonyl (C=O) groups excluding carboxylic acids is 2. The zero-order valence-electron chi connectivity index (χ0n) is 23.0. The molecule has 2 aromatic heterocycles. The summed E-state index contributed by atoms with van der Waals surface area (Å²) in [7, 11) is 0. The van der Waals surface area contributed by atoms with Crippen LogP contribution < -0.4 is 19.3 Å². The van der Waals surface area contributed by atoms with Gasteiger partial charge in [-0.15, -0.1) is 0 Å². The van der Waals surface area contributed by atoms with E-state index in [9.17, 15) is 19.8 Å². The molecule has 0 fully saturated rings.